The van der Waals surface area contributed by atoms with Gasteiger partial charge in [-0.25, -0.2) is 0 Å². The number of hydrogen-bond donors (Lipinski definition) is 3. The average Bonchev–Trinajstić information content (AvgIpc) is 3.29. The van der Waals surface area contributed by atoms with E-state index < -0.39 is 0 Å². The van der Waals surface area contributed by atoms with E-state index in [9.17, 15) is 9.59 Å². The molecule has 4 aromatic rings. The summed E-state index contributed by atoms with van der Waals surface area (Å²) in [6.07, 6.45) is 1.67. The zero-order valence-corrected chi connectivity index (χ0v) is 17.3. The molecule has 0 aliphatic carbocycles. The van der Waals surface area contributed by atoms with Crippen LogP contribution in [0, 0.1) is 6.92 Å². The first-order valence-electron chi connectivity index (χ1n) is 10.1. The number of ether oxygens (including phenoxy) is 2. The molecule has 8 heteroatoms. The van der Waals surface area contributed by atoms with Crippen molar-refractivity contribution >= 4 is 34.1 Å². The van der Waals surface area contributed by atoms with Crippen LogP contribution < -0.4 is 20.1 Å². The second-order valence-corrected chi connectivity index (χ2v) is 7.47. The molecule has 5 rings (SSSR count). The Morgan fingerprint density at radius 3 is 2.50 bits per heavy atom. The van der Waals surface area contributed by atoms with Crippen LogP contribution in [-0.4, -0.2) is 35.2 Å². The summed E-state index contributed by atoms with van der Waals surface area (Å²) < 4.78 is 11.0. The molecule has 0 saturated carbocycles. The lowest BCUT2D eigenvalue weighted by Crippen LogP contribution is -2.17. The number of nitrogens with zero attached hydrogens (tertiary/aromatic N) is 1. The van der Waals surface area contributed by atoms with Gasteiger partial charge in [-0.1, -0.05) is 6.07 Å². The fourth-order valence-electron chi connectivity index (χ4n) is 3.50. The molecular formula is C24H20N4O4. The predicted octanol–water partition coefficient (Wildman–Crippen LogP) is 4.15. The maximum absolute atomic E-state index is 12.8. The molecule has 1 aliphatic rings. The molecule has 0 radical (unpaired) electrons. The first-order chi connectivity index (χ1) is 15.6. The third-order valence-corrected chi connectivity index (χ3v) is 5.25. The number of anilines is 2. The Morgan fingerprint density at radius 2 is 1.62 bits per heavy atom. The van der Waals surface area contributed by atoms with Gasteiger partial charge < -0.3 is 20.1 Å². The SMILES string of the molecule is Cc1ccc(NC(=O)c2ccc3c(c2)OCCO3)cc1NC(=O)c1ccc2[nH]ncc2c1. The van der Waals surface area contributed by atoms with Crippen molar-refractivity contribution in [1.82, 2.24) is 10.2 Å². The third kappa shape index (κ3) is 3.85. The highest BCUT2D eigenvalue weighted by molar-refractivity contribution is 6.08. The van der Waals surface area contributed by atoms with Crippen molar-refractivity contribution in [1.29, 1.82) is 0 Å². The summed E-state index contributed by atoms with van der Waals surface area (Å²) >= 11 is 0. The molecule has 8 nitrogen and oxygen atoms in total. The van der Waals surface area contributed by atoms with Crippen molar-refractivity contribution < 1.29 is 19.1 Å². The lowest BCUT2D eigenvalue weighted by atomic mass is 10.1. The van der Waals surface area contributed by atoms with E-state index in [1.165, 1.54) is 0 Å². The standard InChI is InChI=1S/C24H20N4O4/c1-14-2-5-18(26-23(29)16-4-7-21-22(11-16)32-9-8-31-21)12-20(14)27-24(30)15-3-6-19-17(10-15)13-25-28-19/h2-7,10-13H,8-9H2,1H3,(H,25,28)(H,26,29)(H,27,30). The number of aromatic nitrogens is 2. The monoisotopic (exact) mass is 428 g/mol. The Kier molecular flexibility index (Phi) is 4.95. The Morgan fingerprint density at radius 1 is 0.875 bits per heavy atom. The molecule has 32 heavy (non-hydrogen) atoms. The van der Waals surface area contributed by atoms with Gasteiger partial charge in [0.2, 0.25) is 0 Å². The quantitative estimate of drug-likeness (QED) is 0.453. The number of amides is 2. The normalized spacial score (nSPS) is 12.4. The molecule has 160 valence electrons. The molecular weight excluding hydrogens is 408 g/mol. The van der Waals surface area contributed by atoms with Crippen LogP contribution in [0.5, 0.6) is 11.5 Å². The maximum Gasteiger partial charge on any atom is 0.255 e. The van der Waals surface area contributed by atoms with Gasteiger partial charge in [-0.2, -0.15) is 5.10 Å². The average molecular weight is 428 g/mol. The molecule has 3 N–H and O–H groups in total. The van der Waals surface area contributed by atoms with E-state index in [1.54, 1.807) is 48.7 Å². The number of rotatable bonds is 4. The molecule has 3 aromatic carbocycles. The van der Waals surface area contributed by atoms with Crippen molar-refractivity contribution in [3.63, 3.8) is 0 Å². The lowest BCUT2D eigenvalue weighted by Gasteiger charge is -2.18. The fourth-order valence-corrected chi connectivity index (χ4v) is 3.50. The van der Waals surface area contributed by atoms with Crippen LogP contribution in [0.3, 0.4) is 0 Å². The largest absolute Gasteiger partial charge is 0.486 e. The zero-order chi connectivity index (χ0) is 22.1. The Bertz CT molecular complexity index is 1350. The van der Waals surface area contributed by atoms with E-state index in [-0.39, 0.29) is 11.8 Å². The molecule has 0 saturated heterocycles. The number of benzene rings is 3. The summed E-state index contributed by atoms with van der Waals surface area (Å²) in [5.41, 5.74) is 3.89. The van der Waals surface area contributed by atoms with Gasteiger partial charge in [-0.15, -0.1) is 0 Å². The van der Waals surface area contributed by atoms with Crippen molar-refractivity contribution in [2.24, 2.45) is 0 Å². The van der Waals surface area contributed by atoms with E-state index >= 15 is 0 Å². The molecule has 0 fully saturated rings. The van der Waals surface area contributed by atoms with Gasteiger partial charge in [0, 0.05) is 27.9 Å². The second kappa shape index (κ2) is 8.07. The minimum Gasteiger partial charge on any atom is -0.486 e. The van der Waals surface area contributed by atoms with Crippen LogP contribution >= 0.6 is 0 Å². The van der Waals surface area contributed by atoms with Gasteiger partial charge in [0.15, 0.2) is 11.5 Å². The molecule has 1 aromatic heterocycles. The Labute approximate surface area is 183 Å². The fraction of sp³-hybridized carbons (Fsp3) is 0.125. The topological polar surface area (TPSA) is 105 Å². The van der Waals surface area contributed by atoms with Gasteiger partial charge in [0.05, 0.1) is 11.7 Å². The molecule has 0 bridgehead atoms. The summed E-state index contributed by atoms with van der Waals surface area (Å²) in [5, 5.41) is 13.5. The predicted molar refractivity (Wildman–Crippen MR) is 121 cm³/mol. The van der Waals surface area contributed by atoms with Crippen LogP contribution in [-0.2, 0) is 0 Å². The highest BCUT2D eigenvalue weighted by Crippen LogP contribution is 2.31. The number of aromatic amines is 1. The smallest absolute Gasteiger partial charge is 0.255 e. The first-order valence-corrected chi connectivity index (χ1v) is 10.1. The van der Waals surface area contributed by atoms with E-state index in [2.05, 4.69) is 20.8 Å². The zero-order valence-electron chi connectivity index (χ0n) is 17.3. The van der Waals surface area contributed by atoms with Gasteiger partial charge >= 0.3 is 0 Å². The van der Waals surface area contributed by atoms with Crippen LogP contribution in [0.4, 0.5) is 11.4 Å². The third-order valence-electron chi connectivity index (χ3n) is 5.25. The molecule has 2 amide bonds. The number of hydrogen-bond acceptors (Lipinski definition) is 5. The molecule has 1 aliphatic heterocycles. The van der Waals surface area contributed by atoms with Gasteiger partial charge in [0.1, 0.15) is 13.2 Å². The van der Waals surface area contributed by atoms with E-state index in [1.807, 2.05) is 19.1 Å². The van der Waals surface area contributed by atoms with Crippen molar-refractivity contribution in [3.05, 3.63) is 77.5 Å². The number of carbonyl (C=O) groups excluding carboxylic acids is 2. The van der Waals surface area contributed by atoms with Gasteiger partial charge in [-0.3, -0.25) is 14.7 Å². The van der Waals surface area contributed by atoms with Crippen LogP contribution in [0.1, 0.15) is 26.3 Å². The lowest BCUT2D eigenvalue weighted by molar-refractivity contribution is 0.101. The van der Waals surface area contributed by atoms with E-state index in [0.29, 0.717) is 47.2 Å². The minimum atomic E-state index is -0.284. The van der Waals surface area contributed by atoms with Crippen molar-refractivity contribution in [3.8, 4) is 11.5 Å². The van der Waals surface area contributed by atoms with Crippen molar-refractivity contribution in [2.75, 3.05) is 23.8 Å². The van der Waals surface area contributed by atoms with Gasteiger partial charge in [0.25, 0.3) is 11.8 Å². The maximum atomic E-state index is 12.8. The Balaban J connectivity index is 1.33. The number of nitrogens with one attached hydrogen (secondary N) is 3. The Hall–Kier alpha value is -4.33. The number of fused-ring (bicyclic) bond motifs is 2. The van der Waals surface area contributed by atoms with E-state index in [0.717, 1.165) is 16.5 Å². The minimum absolute atomic E-state index is 0.244. The molecule has 2 heterocycles. The molecule has 0 unspecified atom stereocenters. The van der Waals surface area contributed by atoms with Crippen LogP contribution in [0.15, 0.2) is 60.8 Å². The van der Waals surface area contributed by atoms with Gasteiger partial charge in [-0.05, 0) is 61.0 Å². The van der Waals surface area contributed by atoms with E-state index in [4.69, 9.17) is 9.47 Å². The summed E-state index contributed by atoms with van der Waals surface area (Å²) in [6.45, 7) is 2.83. The molecule has 0 atom stereocenters. The molecule has 0 spiro atoms. The second-order valence-electron chi connectivity index (χ2n) is 7.47. The summed E-state index contributed by atoms with van der Waals surface area (Å²) in [6, 6.07) is 15.8. The highest BCUT2D eigenvalue weighted by atomic mass is 16.6. The van der Waals surface area contributed by atoms with Crippen molar-refractivity contribution in [2.45, 2.75) is 6.92 Å². The summed E-state index contributed by atoms with van der Waals surface area (Å²) in [5.74, 6) is 0.650. The first kappa shape index (κ1) is 19.6. The van der Waals surface area contributed by atoms with Crippen LogP contribution in [0.25, 0.3) is 10.9 Å². The highest BCUT2D eigenvalue weighted by Gasteiger charge is 2.16. The number of aryl methyl sites for hydroxylation is 1. The number of H-pyrrole nitrogens is 1. The summed E-state index contributed by atoms with van der Waals surface area (Å²) in [4.78, 5) is 25.5. The number of carbonyl (C=O) groups is 2. The van der Waals surface area contributed by atoms with Crippen LogP contribution in [0.2, 0.25) is 0 Å². The summed E-state index contributed by atoms with van der Waals surface area (Å²) in [7, 11) is 0.